The number of benzene rings is 1. The van der Waals surface area contributed by atoms with Crippen molar-refractivity contribution in [2.45, 2.75) is 26.3 Å². The van der Waals surface area contributed by atoms with E-state index in [1.165, 1.54) is 0 Å². The summed E-state index contributed by atoms with van der Waals surface area (Å²) in [6.07, 6.45) is 2.94. The second kappa shape index (κ2) is 6.57. The van der Waals surface area contributed by atoms with Crippen LogP contribution in [0.2, 0.25) is 0 Å². The normalized spacial score (nSPS) is 11.4. The summed E-state index contributed by atoms with van der Waals surface area (Å²) >= 11 is 0. The van der Waals surface area contributed by atoms with Crippen LogP contribution in [-0.2, 0) is 0 Å². The fourth-order valence-corrected chi connectivity index (χ4v) is 2.13. The van der Waals surface area contributed by atoms with Crippen molar-refractivity contribution in [1.82, 2.24) is 9.88 Å². The van der Waals surface area contributed by atoms with Crippen LogP contribution in [0.15, 0.2) is 30.5 Å². The summed E-state index contributed by atoms with van der Waals surface area (Å²) in [4.78, 5) is 6.71. The number of pyridine rings is 1. The summed E-state index contributed by atoms with van der Waals surface area (Å²) in [5.74, 6) is 0. The monoisotopic (exact) mass is 272 g/mol. The summed E-state index contributed by atoms with van der Waals surface area (Å²) < 4.78 is 0. The molecule has 1 aromatic carbocycles. The third-order valence-electron chi connectivity index (χ3n) is 3.65. The van der Waals surface area contributed by atoms with E-state index < -0.39 is 0 Å². The van der Waals surface area contributed by atoms with E-state index in [4.69, 9.17) is 5.73 Å². The molecular weight excluding hydrogens is 248 g/mol. The highest BCUT2D eigenvalue weighted by atomic mass is 15.1. The van der Waals surface area contributed by atoms with Gasteiger partial charge in [0, 0.05) is 35.5 Å². The van der Waals surface area contributed by atoms with Crippen molar-refractivity contribution >= 4 is 22.3 Å². The van der Waals surface area contributed by atoms with Crippen LogP contribution in [0, 0.1) is 0 Å². The number of nitrogens with one attached hydrogen (secondary N) is 1. The quantitative estimate of drug-likeness (QED) is 0.627. The number of aromatic nitrogens is 1. The van der Waals surface area contributed by atoms with Crippen LogP contribution in [0.25, 0.3) is 10.9 Å². The molecule has 0 fully saturated rings. The molecule has 0 saturated carbocycles. The fourth-order valence-electron chi connectivity index (χ4n) is 2.13. The third-order valence-corrected chi connectivity index (χ3v) is 3.65. The number of nitrogen functional groups attached to an aromatic ring is 1. The Hall–Kier alpha value is -1.81. The van der Waals surface area contributed by atoms with Gasteiger partial charge in [-0.15, -0.1) is 0 Å². The molecule has 4 heteroatoms. The van der Waals surface area contributed by atoms with Crippen molar-refractivity contribution in [3.63, 3.8) is 0 Å². The van der Waals surface area contributed by atoms with Gasteiger partial charge in [0.05, 0.1) is 5.52 Å². The van der Waals surface area contributed by atoms with Gasteiger partial charge in [-0.3, -0.25) is 4.98 Å². The zero-order chi connectivity index (χ0) is 14.5. The van der Waals surface area contributed by atoms with E-state index in [1.54, 1.807) is 0 Å². The summed E-state index contributed by atoms with van der Waals surface area (Å²) in [7, 11) is 2.16. The predicted octanol–water partition coefficient (Wildman–Crippen LogP) is 2.96. The first kappa shape index (κ1) is 14.6. The Kier molecular flexibility index (Phi) is 4.79. The van der Waals surface area contributed by atoms with Gasteiger partial charge in [-0.2, -0.15) is 0 Å². The van der Waals surface area contributed by atoms with Gasteiger partial charge in [0.15, 0.2) is 0 Å². The van der Waals surface area contributed by atoms with E-state index in [1.807, 2.05) is 30.5 Å². The molecule has 0 aliphatic carbocycles. The zero-order valence-electron chi connectivity index (χ0n) is 12.6. The van der Waals surface area contributed by atoms with Crippen LogP contribution in [0.1, 0.15) is 20.3 Å². The average molecular weight is 272 g/mol. The van der Waals surface area contributed by atoms with Gasteiger partial charge >= 0.3 is 0 Å². The van der Waals surface area contributed by atoms with E-state index >= 15 is 0 Å². The third kappa shape index (κ3) is 3.61. The Bertz CT molecular complexity index is 565. The number of nitrogens with zero attached hydrogens (tertiary/aromatic N) is 2. The molecule has 0 aliphatic heterocycles. The van der Waals surface area contributed by atoms with Gasteiger partial charge in [-0.1, -0.05) is 0 Å². The molecule has 20 heavy (non-hydrogen) atoms. The maximum Gasteiger partial charge on any atom is 0.0743 e. The SMILES string of the molecule is CC(C)N(C)CCCNc1ccnc2cc(N)ccc12. The van der Waals surface area contributed by atoms with Crippen molar-refractivity contribution in [3.8, 4) is 0 Å². The Morgan fingerprint density at radius 3 is 2.85 bits per heavy atom. The molecule has 0 atom stereocenters. The maximum absolute atomic E-state index is 5.79. The van der Waals surface area contributed by atoms with Gasteiger partial charge in [-0.05, 0) is 58.1 Å². The lowest BCUT2D eigenvalue weighted by molar-refractivity contribution is 0.273. The van der Waals surface area contributed by atoms with E-state index in [9.17, 15) is 0 Å². The molecule has 0 saturated heterocycles. The minimum Gasteiger partial charge on any atom is -0.399 e. The Morgan fingerprint density at radius 2 is 2.10 bits per heavy atom. The first-order valence-electron chi connectivity index (χ1n) is 7.16. The molecule has 108 valence electrons. The lowest BCUT2D eigenvalue weighted by atomic mass is 10.1. The molecule has 4 nitrogen and oxygen atoms in total. The largest absolute Gasteiger partial charge is 0.399 e. The van der Waals surface area contributed by atoms with E-state index in [0.29, 0.717) is 6.04 Å². The number of hydrogen-bond acceptors (Lipinski definition) is 4. The topological polar surface area (TPSA) is 54.2 Å². The number of nitrogens with two attached hydrogens (primary N) is 1. The van der Waals surface area contributed by atoms with E-state index in [0.717, 1.165) is 41.8 Å². The summed E-state index contributed by atoms with van der Waals surface area (Å²) in [6.45, 7) is 6.49. The van der Waals surface area contributed by atoms with Gasteiger partial charge in [-0.25, -0.2) is 0 Å². The zero-order valence-corrected chi connectivity index (χ0v) is 12.6. The molecule has 0 unspecified atom stereocenters. The standard InChI is InChI=1S/C16H24N4/c1-12(2)20(3)10-4-8-18-15-7-9-19-16-11-13(17)5-6-14(15)16/h5-7,9,11-12H,4,8,10,17H2,1-3H3,(H,18,19). The highest BCUT2D eigenvalue weighted by molar-refractivity contribution is 5.92. The first-order valence-corrected chi connectivity index (χ1v) is 7.16. The van der Waals surface area contributed by atoms with Gasteiger partial charge in [0.25, 0.3) is 0 Å². The predicted molar refractivity (Wildman–Crippen MR) is 87.0 cm³/mol. The summed E-state index contributed by atoms with van der Waals surface area (Å²) in [5.41, 5.74) is 8.61. The minimum absolute atomic E-state index is 0.597. The van der Waals surface area contributed by atoms with Gasteiger partial charge < -0.3 is 16.0 Å². The van der Waals surface area contributed by atoms with E-state index in [-0.39, 0.29) is 0 Å². The van der Waals surface area contributed by atoms with Crippen molar-refractivity contribution in [3.05, 3.63) is 30.5 Å². The minimum atomic E-state index is 0.597. The molecule has 0 spiro atoms. The fraction of sp³-hybridized carbons (Fsp3) is 0.438. The van der Waals surface area contributed by atoms with Crippen LogP contribution in [0.4, 0.5) is 11.4 Å². The Morgan fingerprint density at radius 1 is 1.30 bits per heavy atom. The Balaban J connectivity index is 1.97. The van der Waals surface area contributed by atoms with Crippen molar-refractivity contribution in [1.29, 1.82) is 0 Å². The second-order valence-corrected chi connectivity index (χ2v) is 5.49. The molecule has 0 amide bonds. The van der Waals surface area contributed by atoms with Crippen molar-refractivity contribution in [2.75, 3.05) is 31.2 Å². The average Bonchev–Trinajstić information content (AvgIpc) is 2.42. The number of hydrogen-bond donors (Lipinski definition) is 2. The summed E-state index contributed by atoms with van der Waals surface area (Å²) in [6, 6.07) is 8.47. The van der Waals surface area contributed by atoms with Crippen LogP contribution < -0.4 is 11.1 Å². The number of rotatable bonds is 6. The van der Waals surface area contributed by atoms with Gasteiger partial charge in [0.1, 0.15) is 0 Å². The molecular formula is C16H24N4. The van der Waals surface area contributed by atoms with Crippen molar-refractivity contribution < 1.29 is 0 Å². The molecule has 0 bridgehead atoms. The van der Waals surface area contributed by atoms with Crippen LogP contribution in [0.5, 0.6) is 0 Å². The number of fused-ring (bicyclic) bond motifs is 1. The molecule has 0 radical (unpaired) electrons. The van der Waals surface area contributed by atoms with Crippen molar-refractivity contribution in [2.24, 2.45) is 0 Å². The Labute approximate surface area is 121 Å². The molecule has 1 aromatic heterocycles. The molecule has 0 aliphatic rings. The lowest BCUT2D eigenvalue weighted by Gasteiger charge is -2.21. The second-order valence-electron chi connectivity index (χ2n) is 5.49. The van der Waals surface area contributed by atoms with Crippen LogP contribution >= 0.6 is 0 Å². The highest BCUT2D eigenvalue weighted by Crippen LogP contribution is 2.23. The van der Waals surface area contributed by atoms with Crippen LogP contribution in [0.3, 0.4) is 0 Å². The van der Waals surface area contributed by atoms with E-state index in [2.05, 4.69) is 36.1 Å². The number of anilines is 2. The first-order chi connectivity index (χ1) is 9.58. The molecule has 3 N–H and O–H groups in total. The summed E-state index contributed by atoms with van der Waals surface area (Å²) in [5, 5.41) is 4.62. The highest BCUT2D eigenvalue weighted by Gasteiger charge is 2.04. The maximum atomic E-state index is 5.79. The lowest BCUT2D eigenvalue weighted by Crippen LogP contribution is -2.28. The molecule has 2 aromatic rings. The van der Waals surface area contributed by atoms with Crippen LogP contribution in [-0.4, -0.2) is 36.1 Å². The molecule has 2 rings (SSSR count). The smallest absolute Gasteiger partial charge is 0.0743 e. The molecule has 1 heterocycles. The van der Waals surface area contributed by atoms with Gasteiger partial charge in [0.2, 0.25) is 0 Å².